The molecule has 1 saturated heterocycles. The Labute approximate surface area is 274 Å². The number of aromatic nitrogens is 3. The lowest BCUT2D eigenvalue weighted by molar-refractivity contribution is -0.155. The Morgan fingerprint density at radius 3 is 2.53 bits per heavy atom. The van der Waals surface area contributed by atoms with Crippen molar-refractivity contribution in [1.29, 1.82) is 0 Å². The minimum absolute atomic E-state index is 0.0354. The Morgan fingerprint density at radius 1 is 0.979 bits per heavy atom. The summed E-state index contributed by atoms with van der Waals surface area (Å²) < 4.78 is 19.3. The average Bonchev–Trinajstić information content (AvgIpc) is 3.63. The summed E-state index contributed by atoms with van der Waals surface area (Å²) in [7, 11) is 0. The summed E-state index contributed by atoms with van der Waals surface area (Å²) in [6.07, 6.45) is 2.66. The molecule has 0 saturated carbocycles. The molecule has 0 aliphatic carbocycles. The van der Waals surface area contributed by atoms with Gasteiger partial charge in [0.1, 0.15) is 23.8 Å². The molecule has 1 aliphatic heterocycles. The molecule has 0 radical (unpaired) electrons. The van der Waals surface area contributed by atoms with E-state index in [2.05, 4.69) is 44.9 Å². The molecule has 47 heavy (non-hydrogen) atoms. The minimum Gasteiger partial charge on any atom is -0.487 e. The molecule has 0 bridgehead atoms. The number of carbonyl (C=O) groups is 2. The van der Waals surface area contributed by atoms with Crippen LogP contribution >= 0.6 is 0 Å². The predicted octanol–water partition coefficient (Wildman–Crippen LogP) is 6.11. The molecule has 0 spiro atoms. The van der Waals surface area contributed by atoms with Crippen LogP contribution in [-0.2, 0) is 32.1 Å². The van der Waals surface area contributed by atoms with Gasteiger partial charge in [-0.3, -0.25) is 19.2 Å². The summed E-state index contributed by atoms with van der Waals surface area (Å²) in [6.45, 7) is 9.61. The van der Waals surface area contributed by atoms with Crippen LogP contribution in [0, 0.1) is 0 Å². The standard InChI is InChI=1S/C37H41N5O5/c1-5-45-34(43)20-27-8-6-7-9-33(27)46-23-32-30-19-26(25-11-10-24-14-16-39-36(38)29(24)18-25)12-13-31(30)40-42(32)28-15-17-41(21-28)22-35(44)47-37(2,3)4/h6-14,16,18-19,28H,5,15,17,20-23H2,1-4H3,(H2,38,39)/t28-/m0/s1. The second kappa shape index (κ2) is 13.4. The Bertz CT molecular complexity index is 1930. The maximum atomic E-state index is 12.6. The number of esters is 2. The highest BCUT2D eigenvalue weighted by atomic mass is 16.6. The summed E-state index contributed by atoms with van der Waals surface area (Å²) in [5.74, 6) is 0.575. The van der Waals surface area contributed by atoms with Crippen LogP contribution in [0.2, 0.25) is 0 Å². The van der Waals surface area contributed by atoms with Crippen molar-refractivity contribution >= 4 is 39.4 Å². The number of likely N-dealkylation sites (tertiary alicyclic amines) is 1. The first-order valence-electron chi connectivity index (χ1n) is 16.0. The Morgan fingerprint density at radius 2 is 1.74 bits per heavy atom. The molecule has 2 aromatic heterocycles. The third-order valence-corrected chi connectivity index (χ3v) is 8.27. The maximum absolute atomic E-state index is 12.6. The fourth-order valence-electron chi connectivity index (χ4n) is 6.17. The quantitative estimate of drug-likeness (QED) is 0.181. The van der Waals surface area contributed by atoms with Crippen LogP contribution in [0.15, 0.2) is 72.9 Å². The van der Waals surface area contributed by atoms with Gasteiger partial charge in [-0.25, -0.2) is 4.98 Å². The zero-order valence-electron chi connectivity index (χ0n) is 27.4. The zero-order valence-corrected chi connectivity index (χ0v) is 27.4. The number of fused-ring (bicyclic) bond motifs is 2. The minimum atomic E-state index is -0.533. The smallest absolute Gasteiger partial charge is 0.320 e. The van der Waals surface area contributed by atoms with Crippen molar-refractivity contribution in [3.63, 3.8) is 0 Å². The number of benzene rings is 3. The molecular formula is C37H41N5O5. The van der Waals surface area contributed by atoms with Crippen LogP contribution in [0.25, 0.3) is 32.8 Å². The highest BCUT2D eigenvalue weighted by Crippen LogP contribution is 2.33. The SMILES string of the molecule is CCOC(=O)Cc1ccccc1OCc1c2cc(-c3ccc4ccnc(N)c4c3)ccc2nn1[C@H]1CCN(CC(=O)OC(C)(C)C)C1. The fourth-order valence-corrected chi connectivity index (χ4v) is 6.17. The molecule has 10 nitrogen and oxygen atoms in total. The topological polar surface area (TPSA) is 122 Å². The zero-order chi connectivity index (χ0) is 33.1. The van der Waals surface area contributed by atoms with Crippen LogP contribution < -0.4 is 10.5 Å². The van der Waals surface area contributed by atoms with Gasteiger partial charge in [0.15, 0.2) is 0 Å². The van der Waals surface area contributed by atoms with Crippen LogP contribution in [0.5, 0.6) is 5.75 Å². The number of nitrogens with two attached hydrogens (primary N) is 1. The second-order valence-corrected chi connectivity index (χ2v) is 12.9. The lowest BCUT2D eigenvalue weighted by Gasteiger charge is -2.22. The van der Waals surface area contributed by atoms with E-state index >= 15 is 0 Å². The van der Waals surface area contributed by atoms with E-state index in [9.17, 15) is 9.59 Å². The lowest BCUT2D eigenvalue weighted by atomic mass is 10.00. The van der Waals surface area contributed by atoms with Crippen LogP contribution in [-0.4, -0.2) is 63.4 Å². The predicted molar refractivity (Wildman–Crippen MR) is 182 cm³/mol. The summed E-state index contributed by atoms with van der Waals surface area (Å²) in [5.41, 5.74) is 10.2. The molecule has 2 N–H and O–H groups in total. The van der Waals surface area contributed by atoms with Gasteiger partial charge < -0.3 is 19.9 Å². The number of para-hydroxylation sites is 1. The highest BCUT2D eigenvalue weighted by Gasteiger charge is 2.30. The van der Waals surface area contributed by atoms with E-state index in [-0.39, 0.29) is 37.6 Å². The number of anilines is 1. The van der Waals surface area contributed by atoms with Gasteiger partial charge in [-0.05, 0) is 81.0 Å². The monoisotopic (exact) mass is 635 g/mol. The molecule has 1 fully saturated rings. The van der Waals surface area contributed by atoms with E-state index < -0.39 is 5.60 Å². The first-order valence-corrected chi connectivity index (χ1v) is 16.0. The van der Waals surface area contributed by atoms with Crippen molar-refractivity contribution in [2.24, 2.45) is 0 Å². The van der Waals surface area contributed by atoms with E-state index in [1.54, 1.807) is 13.1 Å². The van der Waals surface area contributed by atoms with Crippen LogP contribution in [0.4, 0.5) is 5.82 Å². The van der Waals surface area contributed by atoms with E-state index in [1.807, 2.05) is 57.2 Å². The molecule has 5 aromatic rings. The third kappa shape index (κ3) is 7.38. The van der Waals surface area contributed by atoms with Gasteiger partial charge in [0.25, 0.3) is 0 Å². The first kappa shape index (κ1) is 32.0. The molecule has 0 amide bonds. The van der Waals surface area contributed by atoms with Gasteiger partial charge in [-0.2, -0.15) is 5.10 Å². The summed E-state index contributed by atoms with van der Waals surface area (Å²) >= 11 is 0. The Hall–Kier alpha value is -4.96. The van der Waals surface area contributed by atoms with E-state index in [0.717, 1.165) is 57.0 Å². The number of hydrogen-bond acceptors (Lipinski definition) is 9. The summed E-state index contributed by atoms with van der Waals surface area (Å²) in [6, 6.07) is 22.0. The summed E-state index contributed by atoms with van der Waals surface area (Å²) in [4.78, 5) is 31.3. The molecule has 1 aliphatic rings. The number of hydrogen-bond donors (Lipinski definition) is 1. The molecule has 6 rings (SSSR count). The third-order valence-electron chi connectivity index (χ3n) is 8.27. The Kier molecular flexibility index (Phi) is 9.13. The van der Waals surface area contributed by atoms with Gasteiger partial charge in [0.2, 0.25) is 0 Å². The lowest BCUT2D eigenvalue weighted by Crippen LogP contribution is -2.34. The maximum Gasteiger partial charge on any atom is 0.320 e. The van der Waals surface area contributed by atoms with Crippen LogP contribution in [0.1, 0.15) is 51.4 Å². The van der Waals surface area contributed by atoms with Crippen LogP contribution in [0.3, 0.4) is 0 Å². The molecule has 244 valence electrons. The van der Waals surface area contributed by atoms with Crippen molar-refractivity contribution in [1.82, 2.24) is 19.7 Å². The molecule has 1 atom stereocenters. The van der Waals surface area contributed by atoms with Gasteiger partial charge in [-0.1, -0.05) is 36.4 Å². The van der Waals surface area contributed by atoms with Gasteiger partial charge in [0, 0.05) is 35.6 Å². The first-order chi connectivity index (χ1) is 22.6. The number of rotatable bonds is 10. The van der Waals surface area contributed by atoms with Crippen molar-refractivity contribution in [2.45, 2.75) is 58.8 Å². The fraction of sp³-hybridized carbons (Fsp3) is 0.351. The Balaban J connectivity index is 1.34. The highest BCUT2D eigenvalue weighted by molar-refractivity contribution is 5.95. The molecule has 3 heterocycles. The van der Waals surface area contributed by atoms with E-state index in [1.165, 1.54) is 0 Å². The second-order valence-electron chi connectivity index (χ2n) is 12.9. The average molecular weight is 636 g/mol. The number of ether oxygens (including phenoxy) is 3. The van der Waals surface area contributed by atoms with Crippen molar-refractivity contribution in [3.8, 4) is 16.9 Å². The van der Waals surface area contributed by atoms with Gasteiger partial charge in [0.05, 0.1) is 36.8 Å². The number of nitrogens with zero attached hydrogens (tertiary/aromatic N) is 4. The van der Waals surface area contributed by atoms with Gasteiger partial charge in [-0.15, -0.1) is 0 Å². The number of pyridine rings is 1. The van der Waals surface area contributed by atoms with Crippen molar-refractivity contribution < 1.29 is 23.8 Å². The molecule has 10 heteroatoms. The summed E-state index contributed by atoms with van der Waals surface area (Å²) in [5, 5.41) is 7.96. The van der Waals surface area contributed by atoms with Crippen molar-refractivity contribution in [3.05, 3.63) is 84.2 Å². The number of nitrogen functional groups attached to an aromatic ring is 1. The normalized spacial score (nSPS) is 15.3. The molecule has 0 unspecified atom stereocenters. The molecule has 3 aromatic carbocycles. The number of carbonyl (C=O) groups excluding carboxylic acids is 2. The van der Waals surface area contributed by atoms with Crippen molar-refractivity contribution in [2.75, 3.05) is 32.0 Å². The van der Waals surface area contributed by atoms with E-state index in [4.69, 9.17) is 25.0 Å². The largest absolute Gasteiger partial charge is 0.487 e. The van der Waals surface area contributed by atoms with E-state index in [0.29, 0.717) is 24.7 Å². The van der Waals surface area contributed by atoms with Gasteiger partial charge >= 0.3 is 11.9 Å². The molecular weight excluding hydrogens is 594 g/mol.